The molecular formula is C27H20Cl2F8N8O4S. The van der Waals surface area contributed by atoms with Crippen LogP contribution in [0.2, 0.25) is 10.0 Å². The second kappa shape index (κ2) is 12.9. The molecule has 3 N–H and O–H groups in total. The highest BCUT2D eigenvalue weighted by molar-refractivity contribution is 7.92. The molecule has 268 valence electrons. The van der Waals surface area contributed by atoms with Crippen LogP contribution in [-0.4, -0.2) is 86.7 Å². The summed E-state index contributed by atoms with van der Waals surface area (Å²) in [6.45, 7) is -0.184. The van der Waals surface area contributed by atoms with Crippen molar-refractivity contribution in [3.05, 3.63) is 69.5 Å². The van der Waals surface area contributed by atoms with E-state index in [0.717, 1.165) is 45.2 Å². The minimum atomic E-state index is -4.80. The number of nitrogens with two attached hydrogens (primary N) is 1. The van der Waals surface area contributed by atoms with E-state index in [1.54, 1.807) is 0 Å². The molecule has 0 spiro atoms. The third-order valence-corrected chi connectivity index (χ3v) is 8.27. The number of aliphatic imine (C=N–C) groups is 2. The van der Waals surface area contributed by atoms with Gasteiger partial charge >= 0.3 is 12.4 Å². The summed E-state index contributed by atoms with van der Waals surface area (Å²) < 4.78 is 132. The first-order valence-corrected chi connectivity index (χ1v) is 16.3. The van der Waals surface area contributed by atoms with Crippen LogP contribution in [0.3, 0.4) is 0 Å². The molecule has 0 atom stereocenters. The quantitative estimate of drug-likeness (QED) is 0.334. The molecule has 0 saturated heterocycles. The van der Waals surface area contributed by atoms with Crippen LogP contribution in [0.1, 0.15) is 0 Å². The number of rotatable bonds is 4. The number of carbonyl (C=O) groups is 2. The number of allylic oxidation sites excluding steroid dienone is 2. The Bertz CT molecular complexity index is 2040. The van der Waals surface area contributed by atoms with E-state index in [1.165, 1.54) is 0 Å². The van der Waals surface area contributed by atoms with E-state index in [0.29, 0.717) is 17.1 Å². The van der Waals surface area contributed by atoms with Crippen LogP contribution in [0.25, 0.3) is 0 Å². The largest absolute Gasteiger partial charge is 0.431 e. The van der Waals surface area contributed by atoms with Gasteiger partial charge in [-0.15, -0.1) is 0 Å². The Hall–Kier alpha value is -4.63. The van der Waals surface area contributed by atoms with E-state index in [-0.39, 0.29) is 59.2 Å². The van der Waals surface area contributed by atoms with Crippen molar-refractivity contribution in [2.45, 2.75) is 12.4 Å². The predicted molar refractivity (Wildman–Crippen MR) is 167 cm³/mol. The van der Waals surface area contributed by atoms with E-state index in [4.69, 9.17) is 28.9 Å². The highest BCUT2D eigenvalue weighted by atomic mass is 35.5. The highest BCUT2D eigenvalue weighted by Gasteiger charge is 2.48. The molecule has 4 aliphatic heterocycles. The Balaban J connectivity index is 0.000000197. The molecular weight excluding hydrogens is 755 g/mol. The standard InChI is InChI=1S/C14H11ClF4N4O3S.C13H9ClF4N4O/c1-27(25,26)21-9-5-10(8(16)4-7(9)15)23-12(24)6-11(14(17,18)19)22-3-2-20-13(22)23;14-6-3-7(15)9(4-8(6)19)22-11(23)5-10(13(16,17)18)21-2-1-20-12(21)22/h4-6,21H,2-3H2,1H3;3-5H,1-2,19H2. The van der Waals surface area contributed by atoms with Crippen molar-refractivity contribution in [1.82, 2.24) is 9.80 Å². The highest BCUT2D eigenvalue weighted by Crippen LogP contribution is 2.39. The molecule has 4 aliphatic rings. The number of alkyl halides is 6. The molecule has 0 aliphatic carbocycles. The molecule has 6 rings (SSSR count). The number of anilines is 4. The summed E-state index contributed by atoms with van der Waals surface area (Å²) in [5, 5.41) is -0.352. The van der Waals surface area contributed by atoms with Crippen molar-refractivity contribution >= 4 is 79.7 Å². The van der Waals surface area contributed by atoms with Gasteiger partial charge < -0.3 is 15.5 Å². The number of sulfonamides is 1. The van der Waals surface area contributed by atoms with Crippen molar-refractivity contribution in [3.63, 3.8) is 0 Å². The van der Waals surface area contributed by atoms with Gasteiger partial charge in [0.15, 0.2) is 0 Å². The zero-order valence-electron chi connectivity index (χ0n) is 24.9. The number of halogens is 10. The molecule has 0 saturated carbocycles. The van der Waals surface area contributed by atoms with Crippen LogP contribution >= 0.6 is 23.2 Å². The summed E-state index contributed by atoms with van der Waals surface area (Å²) in [6.07, 6.45) is -7.94. The zero-order valence-corrected chi connectivity index (χ0v) is 27.2. The Labute approximate surface area is 286 Å². The van der Waals surface area contributed by atoms with Gasteiger partial charge in [-0.3, -0.25) is 24.3 Å². The van der Waals surface area contributed by atoms with Gasteiger partial charge in [0.25, 0.3) is 11.8 Å². The third-order valence-electron chi connectivity index (χ3n) is 7.04. The average Bonchev–Trinajstić information content (AvgIpc) is 3.65. The second-order valence-corrected chi connectivity index (χ2v) is 13.1. The number of guanidine groups is 2. The predicted octanol–water partition coefficient (Wildman–Crippen LogP) is 4.84. The molecule has 4 heterocycles. The third kappa shape index (κ3) is 7.15. The van der Waals surface area contributed by atoms with Crippen molar-refractivity contribution in [2.24, 2.45) is 9.98 Å². The molecule has 2 aromatic rings. The van der Waals surface area contributed by atoms with Crippen LogP contribution in [0, 0.1) is 11.6 Å². The van der Waals surface area contributed by atoms with Crippen molar-refractivity contribution in [1.29, 1.82) is 0 Å². The van der Waals surface area contributed by atoms with Gasteiger partial charge in [-0.25, -0.2) is 27.0 Å². The van der Waals surface area contributed by atoms with E-state index in [1.807, 2.05) is 0 Å². The number of hydrogen-bond donors (Lipinski definition) is 2. The second-order valence-electron chi connectivity index (χ2n) is 10.6. The molecule has 0 bridgehead atoms. The van der Waals surface area contributed by atoms with E-state index in [9.17, 15) is 53.1 Å². The number of nitrogens with zero attached hydrogens (tertiary/aromatic N) is 6. The average molecular weight is 775 g/mol. The summed E-state index contributed by atoms with van der Waals surface area (Å²) in [5.74, 6) is -4.85. The normalized spacial score (nSPS) is 17.8. The topological polar surface area (TPSA) is 144 Å². The molecule has 0 aromatic heterocycles. The smallest absolute Gasteiger partial charge is 0.397 e. The number of hydrogen-bond acceptors (Lipinski definition) is 9. The van der Waals surface area contributed by atoms with Crippen molar-refractivity contribution in [2.75, 3.05) is 52.7 Å². The Morgan fingerprint density at radius 3 is 1.60 bits per heavy atom. The molecule has 0 fully saturated rings. The van der Waals surface area contributed by atoms with E-state index in [2.05, 4.69) is 14.7 Å². The lowest BCUT2D eigenvalue weighted by Gasteiger charge is -2.35. The maximum Gasteiger partial charge on any atom is 0.431 e. The van der Waals surface area contributed by atoms with Crippen LogP contribution in [-0.2, 0) is 19.6 Å². The first-order chi connectivity index (χ1) is 23.1. The Morgan fingerprint density at radius 1 is 0.760 bits per heavy atom. The summed E-state index contributed by atoms with van der Waals surface area (Å²) in [4.78, 5) is 35.2. The number of nitrogen functional groups attached to an aromatic ring is 1. The summed E-state index contributed by atoms with van der Waals surface area (Å²) >= 11 is 11.5. The molecule has 23 heteroatoms. The Kier molecular flexibility index (Phi) is 9.47. The number of amides is 2. The molecule has 0 unspecified atom stereocenters. The number of carbonyl (C=O) groups excluding carboxylic acids is 2. The van der Waals surface area contributed by atoms with Gasteiger partial charge in [0.2, 0.25) is 21.9 Å². The molecule has 12 nitrogen and oxygen atoms in total. The van der Waals surface area contributed by atoms with Crippen LogP contribution in [0.15, 0.2) is 57.8 Å². The molecule has 50 heavy (non-hydrogen) atoms. The monoisotopic (exact) mass is 774 g/mol. The van der Waals surface area contributed by atoms with Gasteiger partial charge in [0, 0.05) is 25.2 Å². The summed E-state index contributed by atoms with van der Waals surface area (Å²) in [6, 6.07) is 3.64. The molecule has 0 radical (unpaired) electrons. The van der Waals surface area contributed by atoms with Crippen molar-refractivity contribution in [3.8, 4) is 0 Å². The maximum atomic E-state index is 14.4. The summed E-state index contributed by atoms with van der Waals surface area (Å²) in [7, 11) is -3.78. The Morgan fingerprint density at radius 2 is 1.18 bits per heavy atom. The van der Waals surface area contributed by atoms with Crippen LogP contribution in [0.5, 0.6) is 0 Å². The minimum absolute atomic E-state index is 0.00777. The maximum absolute atomic E-state index is 14.4. The number of fused-ring (bicyclic) bond motifs is 2. The lowest BCUT2D eigenvalue weighted by atomic mass is 10.2. The van der Waals surface area contributed by atoms with E-state index < -0.39 is 68.9 Å². The number of nitrogens with one attached hydrogen (secondary N) is 1. The van der Waals surface area contributed by atoms with Gasteiger partial charge in [0.05, 0.1) is 52.1 Å². The van der Waals surface area contributed by atoms with Gasteiger partial charge in [-0.2, -0.15) is 26.3 Å². The fraction of sp³-hybridized carbons (Fsp3) is 0.259. The van der Waals surface area contributed by atoms with Gasteiger partial charge in [-0.05, 0) is 24.3 Å². The van der Waals surface area contributed by atoms with Crippen LogP contribution in [0.4, 0.5) is 57.9 Å². The number of benzene rings is 2. The lowest BCUT2D eigenvalue weighted by Crippen LogP contribution is -2.51. The first-order valence-electron chi connectivity index (χ1n) is 13.7. The van der Waals surface area contributed by atoms with Gasteiger partial charge in [-0.1, -0.05) is 23.2 Å². The van der Waals surface area contributed by atoms with Crippen LogP contribution < -0.4 is 20.3 Å². The van der Waals surface area contributed by atoms with Gasteiger partial charge in [0.1, 0.15) is 23.0 Å². The SMILES string of the molecule is CS(=O)(=O)Nc1cc(N2C(=O)C=C(C(F)(F)F)N3CCN=C32)c(F)cc1Cl.Nc1cc(N2C(=O)C=C(C(F)(F)F)N3CCN=C32)c(F)cc1Cl. The summed E-state index contributed by atoms with van der Waals surface area (Å²) in [5.41, 5.74) is 2.22. The molecule has 2 amide bonds. The first kappa shape index (κ1) is 36.6. The fourth-order valence-electron chi connectivity index (χ4n) is 5.06. The zero-order chi connectivity index (χ0) is 37.1. The minimum Gasteiger partial charge on any atom is -0.397 e. The van der Waals surface area contributed by atoms with E-state index >= 15 is 0 Å². The lowest BCUT2D eigenvalue weighted by molar-refractivity contribution is -0.119. The molecule has 2 aromatic carbocycles. The van der Waals surface area contributed by atoms with Crippen molar-refractivity contribution < 1.29 is 53.1 Å². The fourth-order valence-corrected chi connectivity index (χ4v) is 6.03.